The lowest BCUT2D eigenvalue weighted by molar-refractivity contribution is -0.384. The zero-order valence-electron chi connectivity index (χ0n) is 10.7. The second-order valence-corrected chi connectivity index (χ2v) is 4.66. The Morgan fingerprint density at radius 3 is 2.68 bits per heavy atom. The molecule has 0 atom stereocenters. The van der Waals surface area contributed by atoms with Crippen molar-refractivity contribution in [2.45, 2.75) is 25.8 Å². The maximum atomic E-state index is 11.7. The van der Waals surface area contributed by atoms with Gasteiger partial charge in [-0.2, -0.15) is 0 Å². The average molecular weight is 264 g/mol. The third kappa shape index (κ3) is 2.90. The molecule has 6 heteroatoms. The van der Waals surface area contributed by atoms with Gasteiger partial charge in [-0.25, -0.2) is 0 Å². The SMILES string of the molecule is CC(=O)c1cc([N+](=O)[O-])ccc1N(CCO)C1CC1. The van der Waals surface area contributed by atoms with E-state index in [1.807, 2.05) is 4.90 Å². The monoisotopic (exact) mass is 264 g/mol. The molecule has 0 unspecified atom stereocenters. The van der Waals surface area contributed by atoms with E-state index in [0.29, 0.717) is 23.8 Å². The van der Waals surface area contributed by atoms with Gasteiger partial charge in [0.2, 0.25) is 0 Å². The number of aliphatic hydroxyl groups is 1. The second-order valence-electron chi connectivity index (χ2n) is 4.66. The summed E-state index contributed by atoms with van der Waals surface area (Å²) < 4.78 is 0. The highest BCUT2D eigenvalue weighted by molar-refractivity contribution is 6.00. The molecule has 0 spiro atoms. The van der Waals surface area contributed by atoms with Crippen LogP contribution in [-0.2, 0) is 0 Å². The minimum atomic E-state index is -0.510. The van der Waals surface area contributed by atoms with Crippen LogP contribution >= 0.6 is 0 Å². The van der Waals surface area contributed by atoms with E-state index in [4.69, 9.17) is 5.11 Å². The molecule has 1 aromatic carbocycles. The molecule has 0 aromatic heterocycles. The first-order valence-electron chi connectivity index (χ1n) is 6.21. The molecule has 6 nitrogen and oxygen atoms in total. The Labute approximate surface area is 110 Å². The largest absolute Gasteiger partial charge is 0.395 e. The molecule has 0 amide bonds. The Hall–Kier alpha value is -1.95. The molecular formula is C13H16N2O4. The third-order valence-corrected chi connectivity index (χ3v) is 3.21. The number of aliphatic hydroxyl groups excluding tert-OH is 1. The van der Waals surface area contributed by atoms with Gasteiger partial charge in [0.05, 0.1) is 11.5 Å². The number of rotatable bonds is 6. The number of carbonyl (C=O) groups excluding carboxylic acids is 1. The molecule has 1 fully saturated rings. The van der Waals surface area contributed by atoms with Crippen LogP contribution in [0, 0.1) is 10.1 Å². The minimum absolute atomic E-state index is 0.00909. The topological polar surface area (TPSA) is 83.7 Å². The number of nitrogens with zero attached hydrogens (tertiary/aromatic N) is 2. The van der Waals surface area contributed by atoms with Crippen LogP contribution in [0.3, 0.4) is 0 Å². The van der Waals surface area contributed by atoms with Crippen molar-refractivity contribution in [2.75, 3.05) is 18.1 Å². The maximum absolute atomic E-state index is 11.7. The molecule has 1 aliphatic carbocycles. The molecular weight excluding hydrogens is 248 g/mol. The summed E-state index contributed by atoms with van der Waals surface area (Å²) in [4.78, 5) is 23.9. The highest BCUT2D eigenvalue weighted by atomic mass is 16.6. The highest BCUT2D eigenvalue weighted by Gasteiger charge is 2.31. The van der Waals surface area contributed by atoms with Crippen LogP contribution in [0.15, 0.2) is 18.2 Å². The summed E-state index contributed by atoms with van der Waals surface area (Å²) >= 11 is 0. The lowest BCUT2D eigenvalue weighted by Gasteiger charge is -2.25. The first-order chi connectivity index (χ1) is 9.04. The molecule has 1 aromatic rings. The number of carbonyl (C=O) groups is 1. The van der Waals surface area contributed by atoms with Gasteiger partial charge >= 0.3 is 0 Å². The van der Waals surface area contributed by atoms with E-state index in [-0.39, 0.29) is 18.1 Å². The van der Waals surface area contributed by atoms with Crippen LogP contribution in [0.25, 0.3) is 0 Å². The van der Waals surface area contributed by atoms with Gasteiger partial charge in [0.15, 0.2) is 5.78 Å². The van der Waals surface area contributed by atoms with Crippen molar-refractivity contribution in [1.82, 2.24) is 0 Å². The fourth-order valence-corrected chi connectivity index (χ4v) is 2.16. The minimum Gasteiger partial charge on any atom is -0.395 e. The van der Waals surface area contributed by atoms with E-state index in [0.717, 1.165) is 12.8 Å². The Bertz CT molecular complexity index is 511. The summed E-state index contributed by atoms with van der Waals surface area (Å²) in [6.07, 6.45) is 2.04. The van der Waals surface area contributed by atoms with Crippen molar-refractivity contribution in [3.63, 3.8) is 0 Å². The summed E-state index contributed by atoms with van der Waals surface area (Å²) in [5.74, 6) is -0.206. The molecule has 19 heavy (non-hydrogen) atoms. The molecule has 2 rings (SSSR count). The number of ketones is 1. The molecule has 0 radical (unpaired) electrons. The Morgan fingerprint density at radius 2 is 2.21 bits per heavy atom. The number of anilines is 1. The lowest BCUT2D eigenvalue weighted by atomic mass is 10.1. The fourth-order valence-electron chi connectivity index (χ4n) is 2.16. The smallest absolute Gasteiger partial charge is 0.270 e. The van der Waals surface area contributed by atoms with Gasteiger partial charge in [-0.1, -0.05) is 0 Å². The number of hydrogen-bond donors (Lipinski definition) is 1. The molecule has 0 aliphatic heterocycles. The van der Waals surface area contributed by atoms with Gasteiger partial charge in [-0.15, -0.1) is 0 Å². The van der Waals surface area contributed by atoms with Crippen molar-refractivity contribution < 1.29 is 14.8 Å². The third-order valence-electron chi connectivity index (χ3n) is 3.21. The highest BCUT2D eigenvalue weighted by Crippen LogP contribution is 2.34. The molecule has 1 N–H and O–H groups in total. The average Bonchev–Trinajstić information content (AvgIpc) is 3.19. The van der Waals surface area contributed by atoms with E-state index < -0.39 is 4.92 Å². The van der Waals surface area contributed by atoms with Crippen LogP contribution in [0.2, 0.25) is 0 Å². The van der Waals surface area contributed by atoms with Gasteiger partial charge in [0, 0.05) is 36.0 Å². The van der Waals surface area contributed by atoms with Crippen molar-refractivity contribution >= 4 is 17.2 Å². The van der Waals surface area contributed by atoms with E-state index in [1.165, 1.54) is 19.1 Å². The number of nitro groups is 1. The number of non-ortho nitro benzene ring substituents is 1. The van der Waals surface area contributed by atoms with Crippen molar-refractivity contribution in [3.05, 3.63) is 33.9 Å². The number of hydrogen-bond acceptors (Lipinski definition) is 5. The lowest BCUT2D eigenvalue weighted by Crippen LogP contribution is -2.30. The van der Waals surface area contributed by atoms with E-state index in [1.54, 1.807) is 6.07 Å². The second kappa shape index (κ2) is 5.36. The Morgan fingerprint density at radius 1 is 1.53 bits per heavy atom. The predicted octanol–water partition coefficient (Wildman–Crippen LogP) is 1.76. The first kappa shape index (κ1) is 13.5. The van der Waals surface area contributed by atoms with Crippen molar-refractivity contribution in [1.29, 1.82) is 0 Å². The Kier molecular flexibility index (Phi) is 3.80. The van der Waals surface area contributed by atoms with Crippen LogP contribution < -0.4 is 4.90 Å². The predicted molar refractivity (Wildman–Crippen MR) is 70.6 cm³/mol. The van der Waals surface area contributed by atoms with Gasteiger partial charge in [0.25, 0.3) is 5.69 Å². The summed E-state index contributed by atoms with van der Waals surface area (Å²) in [6.45, 7) is 1.82. The molecule has 0 heterocycles. The van der Waals surface area contributed by atoms with Gasteiger partial charge in [0.1, 0.15) is 0 Å². The van der Waals surface area contributed by atoms with E-state index in [2.05, 4.69) is 0 Å². The fraction of sp³-hybridized carbons (Fsp3) is 0.462. The van der Waals surface area contributed by atoms with Crippen LogP contribution in [0.1, 0.15) is 30.1 Å². The molecule has 0 saturated heterocycles. The maximum Gasteiger partial charge on any atom is 0.270 e. The van der Waals surface area contributed by atoms with Crippen LogP contribution in [0.5, 0.6) is 0 Å². The zero-order valence-corrected chi connectivity index (χ0v) is 10.7. The number of benzene rings is 1. The summed E-state index contributed by atoms with van der Waals surface area (Å²) in [5, 5.41) is 19.9. The number of Topliss-reactive ketones (excluding diaryl/α,β-unsaturated/α-hetero) is 1. The van der Waals surface area contributed by atoms with Crippen molar-refractivity contribution in [3.8, 4) is 0 Å². The standard InChI is InChI=1S/C13H16N2O4/c1-9(17)12-8-11(15(18)19)4-5-13(12)14(6-7-16)10-2-3-10/h4-5,8,10,16H,2-3,6-7H2,1H3. The summed E-state index contributed by atoms with van der Waals surface area (Å²) in [6, 6.07) is 4.63. The van der Waals surface area contributed by atoms with Gasteiger partial charge in [-0.3, -0.25) is 14.9 Å². The van der Waals surface area contributed by atoms with E-state index >= 15 is 0 Å². The number of nitro benzene ring substituents is 1. The quantitative estimate of drug-likeness (QED) is 0.481. The van der Waals surface area contributed by atoms with Crippen molar-refractivity contribution in [2.24, 2.45) is 0 Å². The molecule has 1 aliphatic rings. The van der Waals surface area contributed by atoms with Crippen LogP contribution in [-0.4, -0.2) is 35.0 Å². The van der Waals surface area contributed by atoms with E-state index in [9.17, 15) is 14.9 Å². The van der Waals surface area contributed by atoms with Crippen LogP contribution in [0.4, 0.5) is 11.4 Å². The summed E-state index contributed by atoms with van der Waals surface area (Å²) in [7, 11) is 0. The Balaban J connectivity index is 2.42. The van der Waals surface area contributed by atoms with Gasteiger partial charge < -0.3 is 10.0 Å². The molecule has 0 bridgehead atoms. The first-order valence-corrected chi connectivity index (χ1v) is 6.21. The molecule has 1 saturated carbocycles. The summed E-state index contributed by atoms with van der Waals surface area (Å²) in [5.41, 5.74) is 0.929. The zero-order chi connectivity index (χ0) is 14.0. The molecule has 102 valence electrons. The normalized spacial score (nSPS) is 14.2. The van der Waals surface area contributed by atoms with Gasteiger partial charge in [-0.05, 0) is 25.8 Å².